The summed E-state index contributed by atoms with van der Waals surface area (Å²) >= 11 is 1.37. The molecule has 4 rings (SSSR count). The van der Waals surface area contributed by atoms with E-state index >= 15 is 0 Å². The zero-order chi connectivity index (χ0) is 23.2. The molecule has 9 heteroatoms. The second-order valence-corrected chi connectivity index (χ2v) is 8.68. The SMILES string of the molecule is COc1ccc(/C=C2/Sc3ccc(C(=O)NCCN4CCOCC4)cc3NC2=O)cc1OC. The van der Waals surface area contributed by atoms with Gasteiger partial charge in [0.2, 0.25) is 0 Å². The fraction of sp³-hybridized carbons (Fsp3) is 0.333. The quantitative estimate of drug-likeness (QED) is 0.603. The van der Waals surface area contributed by atoms with Crippen molar-refractivity contribution in [1.82, 2.24) is 10.2 Å². The maximum absolute atomic E-state index is 12.7. The number of hydrogen-bond acceptors (Lipinski definition) is 7. The van der Waals surface area contributed by atoms with Crippen molar-refractivity contribution in [3.05, 3.63) is 52.4 Å². The van der Waals surface area contributed by atoms with Gasteiger partial charge in [0, 0.05) is 36.6 Å². The van der Waals surface area contributed by atoms with Gasteiger partial charge >= 0.3 is 0 Å². The van der Waals surface area contributed by atoms with Crippen LogP contribution < -0.4 is 20.1 Å². The van der Waals surface area contributed by atoms with E-state index < -0.39 is 0 Å². The van der Waals surface area contributed by atoms with Crippen LogP contribution in [0.25, 0.3) is 6.08 Å². The zero-order valence-electron chi connectivity index (χ0n) is 18.7. The van der Waals surface area contributed by atoms with Gasteiger partial charge in [0.05, 0.1) is 38.0 Å². The standard InChI is InChI=1S/C24H27N3O5S/c1-30-19-5-3-16(13-20(19)31-2)14-22-24(29)26-18-15-17(4-6-21(18)33-22)23(28)25-7-8-27-9-11-32-12-10-27/h3-6,13-15H,7-12H2,1-2H3,(H,25,28)(H,26,29)/b22-14+. The summed E-state index contributed by atoms with van der Waals surface area (Å²) in [6.07, 6.45) is 1.80. The molecule has 1 saturated heterocycles. The van der Waals surface area contributed by atoms with Crippen molar-refractivity contribution in [2.45, 2.75) is 4.90 Å². The third-order valence-electron chi connectivity index (χ3n) is 5.46. The summed E-state index contributed by atoms with van der Waals surface area (Å²) in [5, 5.41) is 5.85. The van der Waals surface area contributed by atoms with Crippen LogP contribution in [0.15, 0.2) is 46.2 Å². The minimum atomic E-state index is -0.216. The van der Waals surface area contributed by atoms with Gasteiger partial charge in [-0.1, -0.05) is 17.8 Å². The molecule has 2 aromatic carbocycles. The average Bonchev–Trinajstić information content (AvgIpc) is 2.84. The van der Waals surface area contributed by atoms with Crippen LogP contribution in [-0.4, -0.2) is 70.3 Å². The highest BCUT2D eigenvalue weighted by Gasteiger charge is 2.22. The van der Waals surface area contributed by atoms with E-state index in [0.29, 0.717) is 34.2 Å². The molecule has 2 aromatic rings. The number of ether oxygens (including phenoxy) is 3. The zero-order valence-corrected chi connectivity index (χ0v) is 19.5. The van der Waals surface area contributed by atoms with Gasteiger partial charge in [-0.05, 0) is 42.0 Å². The summed E-state index contributed by atoms with van der Waals surface area (Å²) < 4.78 is 15.9. The summed E-state index contributed by atoms with van der Waals surface area (Å²) in [5.74, 6) is 0.850. The van der Waals surface area contributed by atoms with Crippen LogP contribution in [0.4, 0.5) is 5.69 Å². The van der Waals surface area contributed by atoms with Gasteiger partial charge in [-0.3, -0.25) is 14.5 Å². The number of benzene rings is 2. The van der Waals surface area contributed by atoms with Gasteiger partial charge in [-0.15, -0.1) is 0 Å². The lowest BCUT2D eigenvalue weighted by Crippen LogP contribution is -2.41. The van der Waals surface area contributed by atoms with E-state index in [4.69, 9.17) is 14.2 Å². The first-order valence-corrected chi connectivity index (χ1v) is 11.5. The minimum absolute atomic E-state index is 0.156. The number of thioether (sulfide) groups is 1. The molecule has 2 heterocycles. The Hall–Kier alpha value is -3.01. The molecule has 0 bridgehead atoms. The summed E-state index contributed by atoms with van der Waals surface area (Å²) in [6, 6.07) is 10.8. The highest BCUT2D eigenvalue weighted by molar-refractivity contribution is 8.04. The number of nitrogens with one attached hydrogen (secondary N) is 2. The van der Waals surface area contributed by atoms with Crippen LogP contribution in [0.2, 0.25) is 0 Å². The molecule has 0 saturated carbocycles. The Labute approximate surface area is 197 Å². The van der Waals surface area contributed by atoms with Crippen molar-refractivity contribution in [2.75, 3.05) is 58.9 Å². The van der Waals surface area contributed by atoms with Crippen LogP contribution in [0.3, 0.4) is 0 Å². The smallest absolute Gasteiger partial charge is 0.262 e. The van der Waals surface area contributed by atoms with Gasteiger partial charge in [-0.2, -0.15) is 0 Å². The predicted octanol–water partition coefficient (Wildman–Crippen LogP) is 2.85. The normalized spacial score (nSPS) is 17.3. The molecule has 33 heavy (non-hydrogen) atoms. The number of carbonyl (C=O) groups is 2. The fourth-order valence-corrected chi connectivity index (χ4v) is 4.58. The summed E-state index contributed by atoms with van der Waals surface area (Å²) in [7, 11) is 3.15. The Kier molecular flexibility index (Phi) is 7.54. The first kappa shape index (κ1) is 23.2. The van der Waals surface area contributed by atoms with Crippen molar-refractivity contribution in [2.24, 2.45) is 0 Å². The van der Waals surface area contributed by atoms with E-state index in [1.807, 2.05) is 18.2 Å². The summed E-state index contributed by atoms with van der Waals surface area (Å²) in [5.41, 5.74) is 1.98. The molecule has 0 spiro atoms. The first-order valence-electron chi connectivity index (χ1n) is 10.7. The van der Waals surface area contributed by atoms with E-state index in [-0.39, 0.29) is 11.8 Å². The second kappa shape index (κ2) is 10.7. The monoisotopic (exact) mass is 469 g/mol. The van der Waals surface area contributed by atoms with Crippen molar-refractivity contribution in [3.8, 4) is 11.5 Å². The Balaban J connectivity index is 1.41. The molecule has 0 unspecified atom stereocenters. The van der Waals surface area contributed by atoms with E-state index in [0.717, 1.165) is 43.3 Å². The van der Waals surface area contributed by atoms with Gasteiger partial charge in [0.1, 0.15) is 0 Å². The van der Waals surface area contributed by atoms with E-state index in [9.17, 15) is 9.59 Å². The van der Waals surface area contributed by atoms with E-state index in [1.165, 1.54) is 11.8 Å². The van der Waals surface area contributed by atoms with Crippen LogP contribution in [-0.2, 0) is 9.53 Å². The number of hydrogen-bond donors (Lipinski definition) is 2. The Bertz CT molecular complexity index is 1070. The van der Waals surface area contributed by atoms with Crippen molar-refractivity contribution >= 4 is 35.3 Å². The number of anilines is 1. The van der Waals surface area contributed by atoms with E-state index in [1.54, 1.807) is 38.5 Å². The molecule has 1 fully saturated rings. The van der Waals surface area contributed by atoms with Gasteiger partial charge in [-0.25, -0.2) is 0 Å². The third kappa shape index (κ3) is 5.68. The number of methoxy groups -OCH3 is 2. The Morgan fingerprint density at radius 1 is 1.15 bits per heavy atom. The lowest BCUT2D eigenvalue weighted by Gasteiger charge is -2.26. The Morgan fingerprint density at radius 3 is 2.70 bits per heavy atom. The lowest BCUT2D eigenvalue weighted by molar-refractivity contribution is -0.112. The molecule has 0 atom stereocenters. The molecule has 2 N–H and O–H groups in total. The predicted molar refractivity (Wildman–Crippen MR) is 128 cm³/mol. The molecule has 2 aliphatic heterocycles. The van der Waals surface area contributed by atoms with Gasteiger partial charge in [0.15, 0.2) is 11.5 Å². The van der Waals surface area contributed by atoms with Crippen molar-refractivity contribution < 1.29 is 23.8 Å². The van der Waals surface area contributed by atoms with Gasteiger partial charge < -0.3 is 24.8 Å². The third-order valence-corrected chi connectivity index (χ3v) is 6.56. The molecule has 2 amide bonds. The molecule has 0 aliphatic carbocycles. The summed E-state index contributed by atoms with van der Waals surface area (Å²) in [4.78, 5) is 29.0. The highest BCUT2D eigenvalue weighted by Crippen LogP contribution is 2.40. The van der Waals surface area contributed by atoms with Crippen molar-refractivity contribution in [3.63, 3.8) is 0 Å². The number of morpholine rings is 1. The minimum Gasteiger partial charge on any atom is -0.493 e. The molecule has 8 nitrogen and oxygen atoms in total. The maximum atomic E-state index is 12.7. The van der Waals surface area contributed by atoms with Crippen LogP contribution >= 0.6 is 11.8 Å². The fourth-order valence-electron chi connectivity index (χ4n) is 3.65. The molecule has 0 aromatic heterocycles. The maximum Gasteiger partial charge on any atom is 0.262 e. The topological polar surface area (TPSA) is 89.1 Å². The number of fused-ring (bicyclic) bond motifs is 1. The average molecular weight is 470 g/mol. The van der Waals surface area contributed by atoms with Gasteiger partial charge in [0.25, 0.3) is 11.8 Å². The molecule has 0 radical (unpaired) electrons. The number of carbonyl (C=O) groups excluding carboxylic acids is 2. The number of rotatable bonds is 7. The largest absolute Gasteiger partial charge is 0.493 e. The number of nitrogens with zero attached hydrogens (tertiary/aromatic N) is 1. The van der Waals surface area contributed by atoms with Crippen LogP contribution in [0, 0.1) is 0 Å². The second-order valence-electron chi connectivity index (χ2n) is 7.60. The highest BCUT2D eigenvalue weighted by atomic mass is 32.2. The van der Waals surface area contributed by atoms with Crippen LogP contribution in [0.1, 0.15) is 15.9 Å². The van der Waals surface area contributed by atoms with Crippen molar-refractivity contribution in [1.29, 1.82) is 0 Å². The summed E-state index contributed by atoms with van der Waals surface area (Å²) in [6.45, 7) is 4.59. The Morgan fingerprint density at radius 2 is 1.94 bits per heavy atom. The molecule has 174 valence electrons. The molecular weight excluding hydrogens is 442 g/mol. The van der Waals surface area contributed by atoms with E-state index in [2.05, 4.69) is 15.5 Å². The first-order chi connectivity index (χ1) is 16.1. The molecular formula is C24H27N3O5S. The van der Waals surface area contributed by atoms with Crippen LogP contribution in [0.5, 0.6) is 11.5 Å². The number of amides is 2. The molecule has 2 aliphatic rings. The lowest BCUT2D eigenvalue weighted by atomic mass is 10.1.